The molecule has 0 aliphatic rings. The van der Waals surface area contributed by atoms with Crippen LogP contribution in [-0.2, 0) is 9.47 Å². The Balaban J connectivity index is 2.08. The molecule has 0 saturated heterocycles. The summed E-state index contributed by atoms with van der Waals surface area (Å²) in [7, 11) is 3.32. The Morgan fingerprint density at radius 1 is 1.11 bits per heavy atom. The molecule has 27 heavy (non-hydrogen) atoms. The van der Waals surface area contributed by atoms with Crippen molar-refractivity contribution in [3.05, 3.63) is 45.3 Å². The maximum absolute atomic E-state index is 6.36. The van der Waals surface area contributed by atoms with Gasteiger partial charge in [0.2, 0.25) is 5.95 Å². The number of ether oxygens (including phenoxy) is 2. The van der Waals surface area contributed by atoms with Crippen LogP contribution >= 0.6 is 23.2 Å². The summed E-state index contributed by atoms with van der Waals surface area (Å²) in [5, 5.41) is 8.82. The third-order valence-electron chi connectivity index (χ3n) is 4.17. The zero-order chi connectivity index (χ0) is 19.6. The molecule has 2 aromatic heterocycles. The molecule has 1 N–H and O–H groups in total. The van der Waals surface area contributed by atoms with Gasteiger partial charge in [0.25, 0.3) is 0 Å². The van der Waals surface area contributed by atoms with E-state index in [9.17, 15) is 0 Å². The molecule has 3 rings (SSSR count). The molecule has 7 nitrogen and oxygen atoms in total. The van der Waals surface area contributed by atoms with Gasteiger partial charge >= 0.3 is 0 Å². The fraction of sp³-hybridized carbons (Fsp3) is 0.389. The lowest BCUT2D eigenvalue weighted by Crippen LogP contribution is -2.13. The normalized spacial score (nSPS) is 11.5. The number of benzene rings is 1. The highest BCUT2D eigenvalue weighted by molar-refractivity contribution is 6.36. The number of nitrogens with one attached hydrogen (secondary N) is 1. The number of nitrogens with zero attached hydrogens (tertiary/aromatic N) is 4. The maximum Gasteiger partial charge on any atom is 0.232 e. The summed E-state index contributed by atoms with van der Waals surface area (Å²) in [6, 6.07) is 3.52. The van der Waals surface area contributed by atoms with Crippen LogP contribution in [0.3, 0.4) is 0 Å². The number of hydrogen-bond donors (Lipinski definition) is 1. The van der Waals surface area contributed by atoms with Crippen molar-refractivity contribution in [2.24, 2.45) is 0 Å². The molecular formula is C18H21Cl2N5O2. The average Bonchev–Trinajstić information content (AvgIpc) is 3.01. The number of methoxy groups -OCH3 is 2. The van der Waals surface area contributed by atoms with Crippen LogP contribution in [0, 0.1) is 13.8 Å². The smallest absolute Gasteiger partial charge is 0.232 e. The van der Waals surface area contributed by atoms with Gasteiger partial charge in [0.05, 0.1) is 30.1 Å². The summed E-state index contributed by atoms with van der Waals surface area (Å²) < 4.78 is 12.3. The molecule has 0 unspecified atom stereocenters. The Kier molecular flexibility index (Phi) is 6.16. The predicted octanol–water partition coefficient (Wildman–Crippen LogP) is 4.17. The first-order valence-electron chi connectivity index (χ1n) is 8.37. The van der Waals surface area contributed by atoms with Crippen LogP contribution in [0.4, 0.5) is 11.6 Å². The van der Waals surface area contributed by atoms with Gasteiger partial charge in [-0.1, -0.05) is 23.2 Å². The second kappa shape index (κ2) is 8.39. The molecule has 0 atom stereocenters. The topological polar surface area (TPSA) is 73.6 Å². The molecule has 0 radical (unpaired) electrons. The number of fused-ring (bicyclic) bond motifs is 1. The minimum Gasteiger partial charge on any atom is -0.384 e. The van der Waals surface area contributed by atoms with Crippen molar-refractivity contribution in [1.29, 1.82) is 0 Å². The fourth-order valence-corrected chi connectivity index (χ4v) is 3.61. The third-order valence-corrected chi connectivity index (χ3v) is 4.69. The van der Waals surface area contributed by atoms with Crippen LogP contribution in [-0.4, -0.2) is 47.0 Å². The Hall–Kier alpha value is -1.93. The van der Waals surface area contributed by atoms with Gasteiger partial charge < -0.3 is 14.8 Å². The van der Waals surface area contributed by atoms with E-state index in [1.54, 1.807) is 31.0 Å². The van der Waals surface area contributed by atoms with Crippen LogP contribution in [0.25, 0.3) is 5.65 Å². The van der Waals surface area contributed by atoms with Crippen molar-refractivity contribution >= 4 is 40.5 Å². The van der Waals surface area contributed by atoms with Gasteiger partial charge in [-0.05, 0) is 31.5 Å². The molecule has 3 aromatic rings. The largest absolute Gasteiger partial charge is 0.384 e. The molecule has 0 bridgehead atoms. The lowest BCUT2D eigenvalue weighted by atomic mass is 10.0. The molecule has 0 aliphatic heterocycles. The molecule has 0 aliphatic carbocycles. The van der Waals surface area contributed by atoms with Gasteiger partial charge in [-0.15, -0.1) is 0 Å². The summed E-state index contributed by atoms with van der Waals surface area (Å²) in [5.74, 6) is 1.15. The van der Waals surface area contributed by atoms with Crippen LogP contribution in [0.5, 0.6) is 0 Å². The maximum atomic E-state index is 6.36. The molecule has 9 heteroatoms. The van der Waals surface area contributed by atoms with Crippen molar-refractivity contribution in [1.82, 2.24) is 19.6 Å². The highest BCUT2D eigenvalue weighted by atomic mass is 35.5. The van der Waals surface area contributed by atoms with Gasteiger partial charge in [0, 0.05) is 30.7 Å². The van der Waals surface area contributed by atoms with Gasteiger partial charge in [-0.25, -0.2) is 4.98 Å². The van der Waals surface area contributed by atoms with Crippen LogP contribution < -0.4 is 5.32 Å². The van der Waals surface area contributed by atoms with Gasteiger partial charge in [-0.2, -0.15) is 14.6 Å². The van der Waals surface area contributed by atoms with Crippen molar-refractivity contribution in [2.75, 3.05) is 32.8 Å². The van der Waals surface area contributed by atoms with Crippen molar-refractivity contribution in [2.45, 2.75) is 19.8 Å². The van der Waals surface area contributed by atoms with E-state index in [0.29, 0.717) is 40.7 Å². The minimum atomic E-state index is 0.0144. The van der Waals surface area contributed by atoms with E-state index in [4.69, 9.17) is 32.7 Å². The van der Waals surface area contributed by atoms with E-state index < -0.39 is 0 Å². The van der Waals surface area contributed by atoms with Crippen molar-refractivity contribution in [3.8, 4) is 0 Å². The van der Waals surface area contributed by atoms with E-state index >= 15 is 0 Å². The van der Waals surface area contributed by atoms with Crippen molar-refractivity contribution in [3.63, 3.8) is 0 Å². The molecular weight excluding hydrogens is 389 g/mol. The number of rotatable bonds is 7. The van der Waals surface area contributed by atoms with Crippen LogP contribution in [0.2, 0.25) is 10.0 Å². The molecule has 2 heterocycles. The number of anilines is 2. The van der Waals surface area contributed by atoms with E-state index in [1.165, 1.54) is 0 Å². The summed E-state index contributed by atoms with van der Waals surface area (Å²) in [6.07, 6.45) is 1.77. The standard InChI is InChI=1S/C18H21Cl2N5O2/c1-10-5-13(19)6-15(20)16(10)24-18-23-11(2)22-17-14(7-21-25(17)18)12(8-26-3)9-27-4/h5-7,12H,8-9H2,1-4H3,(H,22,23,24). The SMILES string of the molecule is COCC(COC)c1cnn2c(Nc3c(C)cc(Cl)cc3Cl)nc(C)nc12. The highest BCUT2D eigenvalue weighted by Gasteiger charge is 2.20. The minimum absolute atomic E-state index is 0.0144. The summed E-state index contributed by atoms with van der Waals surface area (Å²) in [4.78, 5) is 9.06. The third kappa shape index (κ3) is 4.16. The predicted molar refractivity (Wildman–Crippen MR) is 106 cm³/mol. The first kappa shape index (κ1) is 19.8. The quantitative estimate of drug-likeness (QED) is 0.630. The lowest BCUT2D eigenvalue weighted by Gasteiger charge is -2.15. The zero-order valence-corrected chi connectivity index (χ0v) is 17.1. The van der Waals surface area contributed by atoms with E-state index in [1.807, 2.05) is 19.9 Å². The monoisotopic (exact) mass is 409 g/mol. The number of hydrogen-bond acceptors (Lipinski definition) is 6. The Morgan fingerprint density at radius 2 is 1.81 bits per heavy atom. The van der Waals surface area contributed by atoms with E-state index in [-0.39, 0.29) is 5.92 Å². The van der Waals surface area contributed by atoms with E-state index in [2.05, 4.69) is 20.4 Å². The molecule has 1 aromatic carbocycles. The first-order valence-corrected chi connectivity index (χ1v) is 9.13. The van der Waals surface area contributed by atoms with Crippen LogP contribution in [0.15, 0.2) is 18.3 Å². The lowest BCUT2D eigenvalue weighted by molar-refractivity contribution is 0.117. The van der Waals surface area contributed by atoms with Gasteiger partial charge in [-0.3, -0.25) is 0 Å². The number of aryl methyl sites for hydroxylation is 2. The molecule has 0 saturated carbocycles. The Morgan fingerprint density at radius 3 is 2.44 bits per heavy atom. The summed E-state index contributed by atoms with van der Waals surface area (Å²) in [5.41, 5.74) is 3.27. The van der Waals surface area contributed by atoms with Crippen LogP contribution in [0.1, 0.15) is 22.9 Å². The van der Waals surface area contributed by atoms with Gasteiger partial charge in [0.1, 0.15) is 5.82 Å². The average molecular weight is 410 g/mol. The van der Waals surface area contributed by atoms with Crippen molar-refractivity contribution < 1.29 is 9.47 Å². The first-order chi connectivity index (χ1) is 12.9. The summed E-state index contributed by atoms with van der Waals surface area (Å²) >= 11 is 12.4. The highest BCUT2D eigenvalue weighted by Crippen LogP contribution is 2.32. The second-order valence-electron chi connectivity index (χ2n) is 6.24. The molecule has 0 amide bonds. The molecule has 0 fully saturated rings. The fourth-order valence-electron chi connectivity index (χ4n) is 2.97. The summed E-state index contributed by atoms with van der Waals surface area (Å²) in [6.45, 7) is 4.76. The van der Waals surface area contributed by atoms with Gasteiger partial charge in [0.15, 0.2) is 5.65 Å². The zero-order valence-electron chi connectivity index (χ0n) is 15.6. The molecule has 144 valence electrons. The van der Waals surface area contributed by atoms with E-state index in [0.717, 1.165) is 16.8 Å². The molecule has 0 spiro atoms. The number of aromatic nitrogens is 4. The Bertz CT molecular complexity index is 931. The second-order valence-corrected chi connectivity index (χ2v) is 7.09. The Labute approximate surface area is 167 Å². The number of halogens is 2.